The molecule has 4 nitrogen and oxygen atoms in total. The molecule has 5 heteroatoms. The molecule has 0 unspecified atom stereocenters. The standard InChI is InChI=1S/4C16H34N.Zr/c4*1-3-5-7-9-11-13-15-17-16-14-12-10-8-6-4-2;/h4*3-16H2,1-2H3;/q4*-1;+4. The molecule has 0 radical (unpaired) electrons. The summed E-state index contributed by atoms with van der Waals surface area (Å²) in [7, 11) is 0. The van der Waals surface area contributed by atoms with Gasteiger partial charge in [-0.2, -0.15) is 0 Å². The fourth-order valence-electron chi connectivity index (χ4n) is 8.48. The average Bonchev–Trinajstić information content (AvgIpc) is 3.35. The molecule has 0 aliphatic heterocycles. The van der Waals surface area contributed by atoms with Crippen molar-refractivity contribution in [1.82, 2.24) is 0 Å². The van der Waals surface area contributed by atoms with Gasteiger partial charge in [-0.1, -0.05) is 364 Å². The second-order valence-electron chi connectivity index (χ2n) is 20.8. The summed E-state index contributed by atoms with van der Waals surface area (Å²) in [6, 6.07) is 0. The number of rotatable bonds is 56. The number of hydrogen-bond acceptors (Lipinski definition) is 0. The molecule has 0 amide bonds. The van der Waals surface area contributed by atoms with Gasteiger partial charge in [-0.3, -0.25) is 0 Å². The smallest absolute Gasteiger partial charge is 0.662 e. The largest absolute Gasteiger partial charge is 4.00 e. The molecule has 0 saturated heterocycles. The summed E-state index contributed by atoms with van der Waals surface area (Å²) >= 11 is 0. The maximum Gasteiger partial charge on any atom is 4.00 e. The molecule has 0 bridgehead atoms. The van der Waals surface area contributed by atoms with Crippen molar-refractivity contribution in [3.8, 4) is 0 Å². The van der Waals surface area contributed by atoms with E-state index in [0.717, 1.165) is 52.4 Å². The van der Waals surface area contributed by atoms with Gasteiger partial charge < -0.3 is 21.3 Å². The quantitative estimate of drug-likeness (QED) is 0.0545. The monoisotopic (exact) mass is 1050 g/mol. The first-order chi connectivity index (χ1) is 33.7. The van der Waals surface area contributed by atoms with Crippen LogP contribution in [0.1, 0.15) is 364 Å². The Balaban J connectivity index is -0.000000263. The molecule has 416 valence electrons. The van der Waals surface area contributed by atoms with Gasteiger partial charge in [-0.25, -0.2) is 0 Å². The van der Waals surface area contributed by atoms with Crippen LogP contribution < -0.4 is 0 Å². The van der Waals surface area contributed by atoms with Gasteiger partial charge in [0.15, 0.2) is 0 Å². The summed E-state index contributed by atoms with van der Waals surface area (Å²) in [5.74, 6) is 0. The van der Waals surface area contributed by atoms with E-state index in [0.29, 0.717) is 0 Å². The van der Waals surface area contributed by atoms with Crippen molar-refractivity contribution < 1.29 is 26.2 Å². The zero-order chi connectivity index (χ0) is 50.4. The van der Waals surface area contributed by atoms with E-state index < -0.39 is 0 Å². The second-order valence-corrected chi connectivity index (χ2v) is 20.8. The fourth-order valence-corrected chi connectivity index (χ4v) is 8.48. The van der Waals surface area contributed by atoms with Crippen molar-refractivity contribution in [1.29, 1.82) is 0 Å². The average molecular weight is 1050 g/mol. The molecule has 0 N–H and O–H groups in total. The van der Waals surface area contributed by atoms with Gasteiger partial charge >= 0.3 is 26.2 Å². The predicted octanol–water partition coefficient (Wildman–Crippen LogP) is 24.3. The third-order valence-corrected chi connectivity index (χ3v) is 13.4. The van der Waals surface area contributed by atoms with Crippen molar-refractivity contribution in [2.45, 2.75) is 364 Å². The Morgan fingerprint density at radius 2 is 0.217 bits per heavy atom. The second kappa shape index (κ2) is 85.5. The molecule has 0 heterocycles. The Morgan fingerprint density at radius 3 is 0.319 bits per heavy atom. The van der Waals surface area contributed by atoms with E-state index in [4.69, 9.17) is 0 Å². The Labute approximate surface area is 460 Å². The van der Waals surface area contributed by atoms with E-state index in [1.165, 1.54) is 308 Å². The molecule has 0 aliphatic rings. The molecular formula is C64H136N4Zr. The fraction of sp³-hybridized carbons (Fsp3) is 1.00. The van der Waals surface area contributed by atoms with Crippen LogP contribution in [0.3, 0.4) is 0 Å². The van der Waals surface area contributed by atoms with Crippen LogP contribution in [0.5, 0.6) is 0 Å². The normalized spacial score (nSPS) is 10.8. The molecule has 0 aromatic rings. The number of hydrogen-bond donors (Lipinski definition) is 0. The molecular weight excluding hydrogens is 916 g/mol. The third-order valence-electron chi connectivity index (χ3n) is 13.4. The van der Waals surface area contributed by atoms with Crippen LogP contribution in [0.2, 0.25) is 0 Å². The Kier molecular flexibility index (Phi) is 97.4. The van der Waals surface area contributed by atoms with Gasteiger partial charge in [-0.05, 0) is 0 Å². The van der Waals surface area contributed by atoms with Crippen LogP contribution in [-0.4, -0.2) is 52.4 Å². The van der Waals surface area contributed by atoms with Crippen LogP contribution in [0, 0.1) is 0 Å². The zero-order valence-corrected chi connectivity index (χ0v) is 52.3. The Hall–Kier alpha value is 0.723. The minimum atomic E-state index is 0. The molecule has 0 atom stereocenters. The minimum Gasteiger partial charge on any atom is -0.662 e. The molecule has 0 aromatic heterocycles. The topological polar surface area (TPSA) is 56.4 Å². The van der Waals surface area contributed by atoms with Crippen molar-refractivity contribution in [2.24, 2.45) is 0 Å². The first-order valence-electron chi connectivity index (χ1n) is 32.2. The van der Waals surface area contributed by atoms with Crippen LogP contribution in [0.15, 0.2) is 0 Å². The van der Waals surface area contributed by atoms with E-state index in [9.17, 15) is 0 Å². The number of nitrogens with zero attached hydrogens (tertiary/aromatic N) is 4. The van der Waals surface area contributed by atoms with Crippen LogP contribution in [0.25, 0.3) is 21.3 Å². The summed E-state index contributed by atoms with van der Waals surface area (Å²) in [4.78, 5) is 0. The van der Waals surface area contributed by atoms with Crippen molar-refractivity contribution in [3.63, 3.8) is 0 Å². The SMILES string of the molecule is CCCCCCCC[N-]CCCCCCCC.CCCCCCCC[N-]CCCCCCCC.CCCCCCCC[N-]CCCCCCCC.CCCCCCCC[N-]CCCCCCCC.[Zr+4]. The van der Waals surface area contributed by atoms with Gasteiger partial charge in [0.2, 0.25) is 0 Å². The van der Waals surface area contributed by atoms with E-state index in [-0.39, 0.29) is 26.2 Å². The van der Waals surface area contributed by atoms with Crippen molar-refractivity contribution in [2.75, 3.05) is 52.4 Å². The number of unbranched alkanes of at least 4 members (excludes halogenated alkanes) is 40. The van der Waals surface area contributed by atoms with E-state index in [1.54, 1.807) is 0 Å². The van der Waals surface area contributed by atoms with Crippen LogP contribution >= 0.6 is 0 Å². The maximum absolute atomic E-state index is 4.61. The Bertz CT molecular complexity index is 562. The molecule has 0 spiro atoms. The third kappa shape index (κ3) is 95.1. The van der Waals surface area contributed by atoms with Gasteiger partial charge in [-0.15, -0.1) is 52.4 Å². The van der Waals surface area contributed by atoms with Gasteiger partial charge in [0.25, 0.3) is 0 Å². The first kappa shape index (κ1) is 78.6. The first-order valence-corrected chi connectivity index (χ1v) is 32.2. The summed E-state index contributed by atoms with van der Waals surface area (Å²) in [5.41, 5.74) is 0. The predicted molar refractivity (Wildman–Crippen MR) is 319 cm³/mol. The molecule has 0 rings (SSSR count). The molecule has 0 saturated carbocycles. The maximum atomic E-state index is 4.61. The van der Waals surface area contributed by atoms with Crippen LogP contribution in [0.4, 0.5) is 0 Å². The summed E-state index contributed by atoms with van der Waals surface area (Å²) in [6.07, 6.45) is 66.5. The van der Waals surface area contributed by atoms with Gasteiger partial charge in [0.1, 0.15) is 0 Å². The van der Waals surface area contributed by atoms with Crippen molar-refractivity contribution >= 4 is 0 Å². The molecule has 0 fully saturated rings. The van der Waals surface area contributed by atoms with Crippen molar-refractivity contribution in [3.05, 3.63) is 21.3 Å². The Morgan fingerprint density at radius 1 is 0.130 bits per heavy atom. The van der Waals surface area contributed by atoms with Gasteiger partial charge in [0, 0.05) is 0 Å². The van der Waals surface area contributed by atoms with Gasteiger partial charge in [0.05, 0.1) is 0 Å². The molecule has 0 aliphatic carbocycles. The van der Waals surface area contributed by atoms with E-state index in [1.807, 2.05) is 0 Å². The van der Waals surface area contributed by atoms with E-state index in [2.05, 4.69) is 76.7 Å². The van der Waals surface area contributed by atoms with E-state index >= 15 is 0 Å². The zero-order valence-electron chi connectivity index (χ0n) is 49.9. The molecule has 69 heavy (non-hydrogen) atoms. The summed E-state index contributed by atoms with van der Waals surface area (Å²) in [6.45, 7) is 27.1. The van der Waals surface area contributed by atoms with Crippen LogP contribution in [-0.2, 0) is 26.2 Å². The summed E-state index contributed by atoms with van der Waals surface area (Å²) < 4.78 is 0. The minimum absolute atomic E-state index is 0. The molecule has 0 aromatic carbocycles. The summed E-state index contributed by atoms with van der Waals surface area (Å²) in [5, 5.41) is 18.4.